The number of hydrogen-bond acceptors (Lipinski definition) is 5. The molecule has 0 radical (unpaired) electrons. The Kier molecular flexibility index (Phi) is 2.21. The number of nitroso groups, excluding NO2 is 1. The van der Waals surface area contributed by atoms with Crippen LogP contribution in [-0.4, -0.2) is 15.7 Å². The smallest absolute Gasteiger partial charge is 0.0980 e. The van der Waals surface area contributed by atoms with Crippen LogP contribution in [0.1, 0.15) is 0 Å². The van der Waals surface area contributed by atoms with Gasteiger partial charge in [0.1, 0.15) is 0 Å². The summed E-state index contributed by atoms with van der Waals surface area (Å²) in [4.78, 5) is 8.94. The van der Waals surface area contributed by atoms with Crippen molar-refractivity contribution in [1.82, 2.24) is 10.9 Å². The second-order valence-corrected chi connectivity index (χ2v) is 0.471. The summed E-state index contributed by atoms with van der Waals surface area (Å²) < 4.78 is 0. The van der Waals surface area contributed by atoms with E-state index in [9.17, 15) is 0 Å². The fraction of sp³-hybridized carbons (Fsp3) is 0. The van der Waals surface area contributed by atoms with Crippen molar-refractivity contribution < 1.29 is 10.4 Å². The first kappa shape index (κ1) is 5.28. The highest BCUT2D eigenvalue weighted by molar-refractivity contribution is 4.02. The van der Waals surface area contributed by atoms with E-state index in [4.69, 9.17) is 15.3 Å². The van der Waals surface area contributed by atoms with Gasteiger partial charge in [-0.2, -0.15) is 0 Å². The van der Waals surface area contributed by atoms with Gasteiger partial charge in [-0.1, -0.05) is 5.59 Å². The maximum Gasteiger partial charge on any atom is 0.0980 e. The second kappa shape index (κ2) is 2.51. The highest BCUT2D eigenvalue weighted by Crippen LogP contribution is 1.63. The predicted molar refractivity (Wildman–Crippen MR) is 14.3 cm³/mol. The van der Waals surface area contributed by atoms with E-state index in [0.29, 0.717) is 0 Å². The highest BCUT2D eigenvalue weighted by Gasteiger charge is 1.83. The van der Waals surface area contributed by atoms with Gasteiger partial charge in [-0.25, -0.2) is 0 Å². The number of rotatable bonds is 2. The zero-order chi connectivity index (χ0) is 4.99. The minimum Gasteiger partial charge on any atom is -0.294 e. The summed E-state index contributed by atoms with van der Waals surface area (Å²) in [6, 6.07) is 0. The molecule has 0 aromatic carbocycles. The molecule has 36 valence electrons. The maximum absolute atomic E-state index is 8.94. The van der Waals surface area contributed by atoms with Gasteiger partial charge in [0.05, 0.1) is 5.29 Å². The van der Waals surface area contributed by atoms with Crippen molar-refractivity contribution in [3.63, 3.8) is 0 Å². The van der Waals surface area contributed by atoms with Crippen molar-refractivity contribution in [3.8, 4) is 0 Å². The Labute approximate surface area is 32.8 Å². The zero-order valence-corrected chi connectivity index (χ0v) is 2.70. The maximum atomic E-state index is 8.94. The molecule has 6 heteroatoms. The standard InChI is InChI=1S/H3N3O3/c4-1-3(6)2-5/h1,4,6H. The van der Waals surface area contributed by atoms with E-state index in [0.717, 1.165) is 5.59 Å². The Morgan fingerprint density at radius 1 is 1.83 bits per heavy atom. The summed E-state index contributed by atoms with van der Waals surface area (Å²) >= 11 is 0. The van der Waals surface area contributed by atoms with Crippen LogP contribution in [0.4, 0.5) is 0 Å². The van der Waals surface area contributed by atoms with Crippen LogP contribution in [0.15, 0.2) is 5.29 Å². The van der Waals surface area contributed by atoms with Gasteiger partial charge in [0.15, 0.2) is 0 Å². The molecule has 0 aliphatic carbocycles. The molecule has 0 saturated carbocycles. The summed E-state index contributed by atoms with van der Waals surface area (Å²) in [7, 11) is 0. The largest absolute Gasteiger partial charge is 0.294 e. The first-order chi connectivity index (χ1) is 2.81. The Morgan fingerprint density at radius 3 is 2.33 bits per heavy atom. The van der Waals surface area contributed by atoms with Crippen LogP contribution in [0.3, 0.4) is 0 Å². The van der Waals surface area contributed by atoms with E-state index in [1.54, 1.807) is 5.29 Å². The van der Waals surface area contributed by atoms with Gasteiger partial charge in [-0.3, -0.25) is 10.4 Å². The molecule has 0 saturated heterocycles. The third-order valence-electron chi connectivity index (χ3n) is 0.167. The Hall–Kier alpha value is -0.720. The summed E-state index contributed by atoms with van der Waals surface area (Å²) in [5.41, 5.74) is 1.02. The average molecular weight is 93.0 g/mol. The Bertz CT molecular complexity index is 43.3. The van der Waals surface area contributed by atoms with Crippen LogP contribution >= 0.6 is 0 Å². The van der Waals surface area contributed by atoms with Gasteiger partial charge in [0, 0.05) is 0 Å². The lowest BCUT2D eigenvalue weighted by atomic mass is 12.4. The molecule has 6 heavy (non-hydrogen) atoms. The van der Waals surface area contributed by atoms with E-state index in [2.05, 4.69) is 0 Å². The van der Waals surface area contributed by atoms with Gasteiger partial charge in [0.2, 0.25) is 0 Å². The number of hydrogen-bond donors (Lipinski definition) is 3. The van der Waals surface area contributed by atoms with Gasteiger partial charge in [0.25, 0.3) is 0 Å². The highest BCUT2D eigenvalue weighted by atomic mass is 16.7. The molecule has 0 amide bonds. The summed E-state index contributed by atoms with van der Waals surface area (Å²) in [6.07, 6.45) is 0. The van der Waals surface area contributed by atoms with E-state index in [-0.39, 0.29) is 5.28 Å². The van der Waals surface area contributed by atoms with Crippen molar-refractivity contribution in [1.29, 1.82) is 0 Å². The Morgan fingerprint density at radius 2 is 2.33 bits per heavy atom. The Balaban J connectivity index is 2.96. The number of nitrogens with one attached hydrogen (secondary N) is 1. The number of hydrazine groups is 1. The van der Waals surface area contributed by atoms with Crippen LogP contribution in [0.5, 0.6) is 0 Å². The predicted octanol–water partition coefficient (Wildman–Crippen LogP) is -0.747. The normalized spacial score (nSPS) is 7.67. The first-order valence-corrected chi connectivity index (χ1v) is 1.03. The molecule has 6 nitrogen and oxygen atoms in total. The molecule has 0 rings (SSSR count). The SMILES string of the molecule is O=NN(O)NO. The molecular formula is H3N3O3. The summed E-state index contributed by atoms with van der Waals surface area (Å²) in [5, 5.41) is 16.5. The van der Waals surface area contributed by atoms with Gasteiger partial charge >= 0.3 is 0 Å². The van der Waals surface area contributed by atoms with Crippen LogP contribution < -0.4 is 5.59 Å². The van der Waals surface area contributed by atoms with Gasteiger partial charge in [-0.15, -0.1) is 4.91 Å². The summed E-state index contributed by atoms with van der Waals surface area (Å²) in [6.45, 7) is 0. The van der Waals surface area contributed by atoms with E-state index < -0.39 is 0 Å². The van der Waals surface area contributed by atoms with Gasteiger partial charge in [-0.05, 0) is 5.28 Å². The van der Waals surface area contributed by atoms with Crippen LogP contribution in [0, 0.1) is 4.91 Å². The fourth-order valence-corrected chi connectivity index (χ4v) is 0.0183. The quantitative estimate of drug-likeness (QED) is 0.309. The molecule has 0 atom stereocenters. The van der Waals surface area contributed by atoms with Crippen LogP contribution in [0.2, 0.25) is 0 Å². The first-order valence-electron chi connectivity index (χ1n) is 1.03. The molecule has 0 aliphatic rings. The topological polar surface area (TPSA) is 85.2 Å². The minimum absolute atomic E-state index is 0.375. The van der Waals surface area contributed by atoms with E-state index >= 15 is 0 Å². The van der Waals surface area contributed by atoms with Crippen molar-refractivity contribution >= 4 is 0 Å². The third kappa shape index (κ3) is 1.58. The molecule has 0 aliphatic heterocycles. The zero-order valence-electron chi connectivity index (χ0n) is 2.70. The fourth-order valence-electron chi connectivity index (χ4n) is 0.0183. The molecule has 3 N–H and O–H groups in total. The van der Waals surface area contributed by atoms with E-state index in [1.165, 1.54) is 0 Å². The average Bonchev–Trinajstić information content (AvgIpc) is 1.65. The molecule has 0 aromatic heterocycles. The lowest BCUT2D eigenvalue weighted by molar-refractivity contribution is -0.217. The third-order valence-corrected chi connectivity index (χ3v) is 0.167. The molecular weight excluding hydrogens is 90.0 g/mol. The van der Waals surface area contributed by atoms with Crippen molar-refractivity contribution in [2.75, 3.05) is 0 Å². The molecule has 0 unspecified atom stereocenters. The molecule has 0 bridgehead atoms. The molecule has 0 fully saturated rings. The lowest BCUT2D eigenvalue weighted by Crippen LogP contribution is -2.25. The van der Waals surface area contributed by atoms with Gasteiger partial charge < -0.3 is 0 Å². The van der Waals surface area contributed by atoms with Crippen LogP contribution in [0.25, 0.3) is 0 Å². The van der Waals surface area contributed by atoms with Crippen molar-refractivity contribution in [3.05, 3.63) is 4.91 Å². The molecule has 0 spiro atoms. The summed E-state index contributed by atoms with van der Waals surface area (Å²) in [5.74, 6) is 0. The van der Waals surface area contributed by atoms with Crippen LogP contribution in [-0.2, 0) is 0 Å². The van der Waals surface area contributed by atoms with Crippen molar-refractivity contribution in [2.45, 2.75) is 0 Å². The minimum atomic E-state index is -0.375. The molecule has 0 heterocycles. The second-order valence-electron chi connectivity index (χ2n) is 0.471. The monoisotopic (exact) mass is 93.0 g/mol. The lowest BCUT2D eigenvalue weighted by Gasteiger charge is -1.96. The molecule has 0 aromatic rings. The number of nitrogens with zero attached hydrogens (tertiary/aromatic N) is 2. The van der Waals surface area contributed by atoms with Crippen molar-refractivity contribution in [2.24, 2.45) is 5.29 Å². The van der Waals surface area contributed by atoms with E-state index in [1.807, 2.05) is 0 Å².